The Morgan fingerprint density at radius 1 is 1.34 bits per heavy atom. The maximum absolute atomic E-state index is 16.1. The summed E-state index contributed by atoms with van der Waals surface area (Å²) in [5, 5.41) is 18.1. The molecule has 1 saturated carbocycles. The summed E-state index contributed by atoms with van der Waals surface area (Å²) in [6, 6.07) is 7.30. The number of benzene rings is 1. The minimum atomic E-state index is -4.12. The van der Waals surface area contributed by atoms with Gasteiger partial charge in [-0.25, -0.2) is 19.5 Å². The number of hydrogen-bond acceptors (Lipinski definition) is 9. The maximum atomic E-state index is 16.1. The minimum absolute atomic E-state index is 0.185. The summed E-state index contributed by atoms with van der Waals surface area (Å²) in [4.78, 5) is 7.94. The molecule has 2 aliphatic carbocycles. The molecule has 0 aromatic heterocycles. The number of aliphatic hydroxyl groups is 1. The van der Waals surface area contributed by atoms with Crippen molar-refractivity contribution in [3.05, 3.63) is 35.4 Å². The van der Waals surface area contributed by atoms with E-state index in [4.69, 9.17) is 14.6 Å². The van der Waals surface area contributed by atoms with Gasteiger partial charge >= 0.3 is 10.3 Å². The van der Waals surface area contributed by atoms with Gasteiger partial charge < -0.3 is 14.6 Å². The van der Waals surface area contributed by atoms with Crippen molar-refractivity contribution >= 4 is 22.9 Å². The van der Waals surface area contributed by atoms with Crippen molar-refractivity contribution in [3.8, 4) is 0 Å². The van der Waals surface area contributed by atoms with E-state index in [-0.39, 0.29) is 25.6 Å². The number of fused-ring (bicyclic) bond motifs is 1. The van der Waals surface area contributed by atoms with E-state index >= 15 is 4.39 Å². The third kappa shape index (κ3) is 5.06. The van der Waals surface area contributed by atoms with Gasteiger partial charge in [-0.2, -0.15) is 8.42 Å². The van der Waals surface area contributed by atoms with Crippen LogP contribution in [0.15, 0.2) is 34.3 Å². The first-order valence-electron chi connectivity index (χ1n) is 10.3. The first-order valence-corrected chi connectivity index (χ1v) is 11.8. The second kappa shape index (κ2) is 9.21. The molecule has 4 N–H and O–H groups in total. The fourth-order valence-electron chi connectivity index (χ4n) is 4.55. The molecule has 0 bridgehead atoms. The monoisotopic (exact) mass is 470 g/mol. The van der Waals surface area contributed by atoms with Crippen molar-refractivity contribution in [1.29, 1.82) is 0 Å². The topological polar surface area (TPSA) is 145 Å². The van der Waals surface area contributed by atoms with Crippen molar-refractivity contribution in [1.82, 2.24) is 5.32 Å². The van der Waals surface area contributed by atoms with Gasteiger partial charge in [0.15, 0.2) is 0 Å². The molecule has 1 aromatic rings. The summed E-state index contributed by atoms with van der Waals surface area (Å²) in [5.74, 6) is -2.73. The molecule has 1 aromatic carbocycles. The molecular weight excluding hydrogens is 443 g/mol. The molecule has 1 fully saturated rings. The Hall–Kier alpha value is -1.80. The fraction of sp³-hybridized carbons (Fsp3) is 0.600. The summed E-state index contributed by atoms with van der Waals surface area (Å²) in [5.41, 5.74) is 2.01. The molecule has 32 heavy (non-hydrogen) atoms. The van der Waals surface area contributed by atoms with Crippen LogP contribution in [0.5, 0.6) is 0 Å². The average molecular weight is 471 g/mol. The van der Waals surface area contributed by atoms with E-state index in [0.29, 0.717) is 6.42 Å². The highest BCUT2D eigenvalue weighted by molar-refractivity contribution is 7.84. The van der Waals surface area contributed by atoms with E-state index in [1.165, 1.54) is 6.34 Å². The standard InChI is InChI=1S/C20H27FN4O6S/c1-29-17-7-12-4-2-3-5-15(12)18(17)25-20(21)10-23-11-24-19(20)31-14-6-13(16(26)8-14)9-30-32(22,27)28/h2-5,10-11,13-14,16-19,25-26H,6-9H2,1H3,(H2,22,27,28)/t13-,14+,16-,17-,18+,19?,20?/m0/s1. The van der Waals surface area contributed by atoms with Crippen LogP contribution in [0.1, 0.15) is 30.0 Å². The highest BCUT2D eigenvalue weighted by Gasteiger charge is 2.47. The molecule has 10 nitrogen and oxygen atoms in total. The lowest BCUT2D eigenvalue weighted by atomic mass is 10.0. The third-order valence-electron chi connectivity index (χ3n) is 6.13. The second-order valence-electron chi connectivity index (χ2n) is 8.30. The van der Waals surface area contributed by atoms with Gasteiger partial charge in [-0.15, -0.1) is 0 Å². The van der Waals surface area contributed by atoms with Crippen LogP contribution in [0.3, 0.4) is 0 Å². The first-order chi connectivity index (χ1) is 15.2. The second-order valence-corrected chi connectivity index (χ2v) is 9.52. The number of aliphatic hydroxyl groups excluding tert-OH is 1. The molecule has 0 saturated heterocycles. The molecule has 3 aliphatic rings. The van der Waals surface area contributed by atoms with Crippen molar-refractivity contribution in [3.63, 3.8) is 0 Å². The normalized spacial score (nSPS) is 36.5. The zero-order valence-corrected chi connectivity index (χ0v) is 18.3. The van der Waals surface area contributed by atoms with Crippen molar-refractivity contribution in [2.24, 2.45) is 21.0 Å². The Kier molecular flexibility index (Phi) is 6.73. The van der Waals surface area contributed by atoms with Gasteiger partial charge in [-0.1, -0.05) is 24.3 Å². The van der Waals surface area contributed by atoms with Crippen LogP contribution in [0.4, 0.5) is 4.39 Å². The predicted octanol–water partition coefficient (Wildman–Crippen LogP) is 0.369. The molecule has 12 heteroatoms. The largest absolute Gasteiger partial charge is 0.393 e. The van der Waals surface area contributed by atoms with Crippen LogP contribution >= 0.6 is 0 Å². The molecule has 0 amide bonds. The number of nitrogens with one attached hydrogen (secondary N) is 1. The molecule has 1 aliphatic heterocycles. The number of hydrogen-bond donors (Lipinski definition) is 3. The Balaban J connectivity index is 1.45. The number of aliphatic imine (C=N–C) groups is 2. The molecular formula is C20H27FN4O6S. The highest BCUT2D eigenvalue weighted by Crippen LogP contribution is 2.37. The van der Waals surface area contributed by atoms with Crippen LogP contribution in [0.25, 0.3) is 0 Å². The van der Waals surface area contributed by atoms with Crippen LogP contribution in [0, 0.1) is 5.92 Å². The molecule has 2 unspecified atom stereocenters. The first kappa shape index (κ1) is 23.4. The van der Waals surface area contributed by atoms with Gasteiger partial charge in [-0.3, -0.25) is 9.50 Å². The van der Waals surface area contributed by atoms with Gasteiger partial charge in [0.2, 0.25) is 12.0 Å². The van der Waals surface area contributed by atoms with Crippen LogP contribution in [-0.4, -0.2) is 70.1 Å². The van der Waals surface area contributed by atoms with Crippen LogP contribution in [-0.2, 0) is 30.4 Å². The Morgan fingerprint density at radius 2 is 2.12 bits per heavy atom. The smallest absolute Gasteiger partial charge is 0.333 e. The Morgan fingerprint density at radius 3 is 2.88 bits per heavy atom. The number of halogens is 1. The maximum Gasteiger partial charge on any atom is 0.333 e. The van der Waals surface area contributed by atoms with Gasteiger partial charge in [0.25, 0.3) is 0 Å². The molecule has 4 rings (SSSR count). The SMILES string of the molecule is CO[C@H]1Cc2ccccc2[C@H]1NC1(F)C=NC=NC1O[C@@H]1C[C@@H](COS(N)(=O)=O)[C@@H](O)C1. The van der Waals surface area contributed by atoms with Crippen LogP contribution < -0.4 is 10.5 Å². The van der Waals surface area contributed by atoms with E-state index in [0.717, 1.165) is 17.3 Å². The Bertz CT molecular complexity index is 992. The van der Waals surface area contributed by atoms with Crippen LogP contribution in [0.2, 0.25) is 0 Å². The lowest BCUT2D eigenvalue weighted by molar-refractivity contribution is -0.0863. The molecule has 176 valence electrons. The van der Waals surface area contributed by atoms with E-state index in [2.05, 4.69) is 19.5 Å². The lowest BCUT2D eigenvalue weighted by Crippen LogP contribution is -2.57. The summed E-state index contributed by atoms with van der Waals surface area (Å²) >= 11 is 0. The number of nitrogens with zero attached hydrogens (tertiary/aromatic N) is 2. The fourth-order valence-corrected chi connectivity index (χ4v) is 4.91. The van der Waals surface area contributed by atoms with E-state index in [1.54, 1.807) is 7.11 Å². The molecule has 1 heterocycles. The van der Waals surface area contributed by atoms with E-state index in [9.17, 15) is 13.5 Å². The summed E-state index contributed by atoms with van der Waals surface area (Å²) in [6.07, 6.45) is 0.483. The summed E-state index contributed by atoms with van der Waals surface area (Å²) in [6.45, 7) is -0.275. The average Bonchev–Trinajstić information content (AvgIpc) is 3.27. The zero-order valence-electron chi connectivity index (χ0n) is 17.5. The molecule has 0 spiro atoms. The number of rotatable bonds is 8. The predicted molar refractivity (Wildman–Crippen MR) is 114 cm³/mol. The third-order valence-corrected chi connectivity index (χ3v) is 6.60. The van der Waals surface area contributed by atoms with Gasteiger partial charge in [0.1, 0.15) is 6.34 Å². The van der Waals surface area contributed by atoms with E-state index < -0.39 is 46.5 Å². The zero-order chi connectivity index (χ0) is 22.9. The molecule has 7 atom stereocenters. The quantitative estimate of drug-likeness (QED) is 0.466. The summed E-state index contributed by atoms with van der Waals surface area (Å²) in [7, 11) is -2.53. The highest BCUT2D eigenvalue weighted by atomic mass is 32.2. The summed E-state index contributed by atoms with van der Waals surface area (Å²) < 4.78 is 54.2. The number of methoxy groups -OCH3 is 1. The van der Waals surface area contributed by atoms with Gasteiger partial charge in [0, 0.05) is 19.4 Å². The van der Waals surface area contributed by atoms with Crippen molar-refractivity contribution in [2.45, 2.75) is 55.6 Å². The number of ether oxygens (including phenoxy) is 2. The Labute approximate surface area is 185 Å². The lowest BCUT2D eigenvalue weighted by Gasteiger charge is -2.35. The van der Waals surface area contributed by atoms with E-state index in [1.807, 2.05) is 24.3 Å². The van der Waals surface area contributed by atoms with Gasteiger partial charge in [-0.05, 0) is 24.0 Å². The number of alkyl halides is 1. The molecule has 0 radical (unpaired) electrons. The van der Waals surface area contributed by atoms with Crippen molar-refractivity contribution in [2.75, 3.05) is 13.7 Å². The van der Waals surface area contributed by atoms with Gasteiger partial charge in [0.05, 0.1) is 37.2 Å². The number of nitrogens with two attached hydrogens (primary N) is 1. The minimum Gasteiger partial charge on any atom is -0.393 e. The van der Waals surface area contributed by atoms with Crippen molar-refractivity contribution < 1.29 is 31.6 Å².